The van der Waals surface area contributed by atoms with Crippen molar-refractivity contribution < 1.29 is 9.13 Å². The van der Waals surface area contributed by atoms with Gasteiger partial charge >= 0.3 is 0 Å². The highest BCUT2D eigenvalue weighted by molar-refractivity contribution is 5.39. The van der Waals surface area contributed by atoms with E-state index >= 15 is 0 Å². The SMILES string of the molecule is CCn1ncc2c1C(COC)CN(c1ncc(F)cn1)C2. The number of aromatic nitrogens is 4. The lowest BCUT2D eigenvalue weighted by molar-refractivity contribution is 0.174. The van der Waals surface area contributed by atoms with E-state index < -0.39 is 5.82 Å². The molecule has 112 valence electrons. The molecular weight excluding hydrogens is 273 g/mol. The molecular formula is C14H18FN5O. The van der Waals surface area contributed by atoms with Crippen LogP contribution in [0.4, 0.5) is 10.3 Å². The van der Waals surface area contributed by atoms with Crippen molar-refractivity contribution >= 4 is 5.95 Å². The van der Waals surface area contributed by atoms with Crippen LogP contribution < -0.4 is 4.90 Å². The molecule has 0 amide bonds. The van der Waals surface area contributed by atoms with Crippen molar-refractivity contribution in [2.24, 2.45) is 0 Å². The number of ether oxygens (including phenoxy) is 1. The van der Waals surface area contributed by atoms with Crippen LogP contribution in [-0.4, -0.2) is 40.0 Å². The summed E-state index contributed by atoms with van der Waals surface area (Å²) >= 11 is 0. The van der Waals surface area contributed by atoms with Gasteiger partial charge in [0.25, 0.3) is 0 Å². The van der Waals surface area contributed by atoms with Crippen molar-refractivity contribution in [2.75, 3.05) is 25.2 Å². The number of hydrogen-bond acceptors (Lipinski definition) is 5. The summed E-state index contributed by atoms with van der Waals surface area (Å²) in [6, 6.07) is 0. The van der Waals surface area contributed by atoms with Crippen molar-refractivity contribution in [3.05, 3.63) is 35.7 Å². The lowest BCUT2D eigenvalue weighted by Crippen LogP contribution is -2.37. The molecule has 0 aromatic carbocycles. The molecule has 0 fully saturated rings. The van der Waals surface area contributed by atoms with E-state index in [0.29, 0.717) is 19.1 Å². The van der Waals surface area contributed by atoms with Crippen LogP contribution in [0.1, 0.15) is 24.1 Å². The Morgan fingerprint density at radius 1 is 1.33 bits per heavy atom. The fourth-order valence-electron chi connectivity index (χ4n) is 2.86. The molecule has 1 atom stereocenters. The van der Waals surface area contributed by atoms with Gasteiger partial charge in [-0.1, -0.05) is 0 Å². The Labute approximate surface area is 122 Å². The maximum atomic E-state index is 13.0. The molecule has 0 spiro atoms. The Hall–Kier alpha value is -2.02. The molecule has 1 unspecified atom stereocenters. The minimum atomic E-state index is -0.427. The second kappa shape index (κ2) is 5.77. The number of methoxy groups -OCH3 is 1. The number of nitrogens with zero attached hydrogens (tertiary/aromatic N) is 5. The highest BCUT2D eigenvalue weighted by atomic mass is 19.1. The molecule has 2 aromatic rings. The summed E-state index contributed by atoms with van der Waals surface area (Å²) in [6.45, 7) is 4.94. The Balaban J connectivity index is 1.92. The van der Waals surface area contributed by atoms with E-state index in [2.05, 4.69) is 22.0 Å². The van der Waals surface area contributed by atoms with Crippen LogP contribution in [0, 0.1) is 5.82 Å². The van der Waals surface area contributed by atoms with Crippen LogP contribution in [0.3, 0.4) is 0 Å². The third kappa shape index (κ3) is 2.61. The first-order valence-corrected chi connectivity index (χ1v) is 6.99. The highest BCUT2D eigenvalue weighted by Crippen LogP contribution is 2.30. The van der Waals surface area contributed by atoms with Crippen LogP contribution >= 0.6 is 0 Å². The molecule has 0 saturated carbocycles. The quantitative estimate of drug-likeness (QED) is 0.856. The summed E-state index contributed by atoms with van der Waals surface area (Å²) in [7, 11) is 1.69. The van der Waals surface area contributed by atoms with Gasteiger partial charge in [-0.15, -0.1) is 0 Å². The van der Waals surface area contributed by atoms with Crippen LogP contribution in [0.2, 0.25) is 0 Å². The zero-order valence-corrected chi connectivity index (χ0v) is 12.2. The standard InChI is InChI=1S/C14H18FN5O/c1-3-20-13-10(4-18-20)7-19(8-11(13)9-21-2)14-16-5-12(15)6-17-14/h4-6,11H,3,7-9H2,1-2H3. The third-order valence-corrected chi connectivity index (χ3v) is 3.71. The van der Waals surface area contributed by atoms with Crippen LogP contribution in [0.25, 0.3) is 0 Å². The van der Waals surface area contributed by atoms with E-state index in [0.717, 1.165) is 18.7 Å². The van der Waals surface area contributed by atoms with Crippen LogP contribution in [0.5, 0.6) is 0 Å². The molecule has 3 rings (SSSR count). The van der Waals surface area contributed by atoms with Gasteiger partial charge < -0.3 is 9.64 Å². The third-order valence-electron chi connectivity index (χ3n) is 3.71. The lowest BCUT2D eigenvalue weighted by atomic mass is 9.97. The molecule has 0 saturated heterocycles. The Kier molecular flexibility index (Phi) is 3.83. The van der Waals surface area contributed by atoms with Crippen LogP contribution in [-0.2, 0) is 17.8 Å². The molecule has 0 N–H and O–H groups in total. The summed E-state index contributed by atoms with van der Waals surface area (Å²) in [5, 5.41) is 4.42. The largest absolute Gasteiger partial charge is 0.384 e. The second-order valence-electron chi connectivity index (χ2n) is 5.10. The molecule has 6 nitrogen and oxygen atoms in total. The van der Waals surface area contributed by atoms with Crippen molar-refractivity contribution in [3.8, 4) is 0 Å². The van der Waals surface area contributed by atoms with Crippen molar-refractivity contribution in [2.45, 2.75) is 25.9 Å². The van der Waals surface area contributed by atoms with E-state index in [1.54, 1.807) is 7.11 Å². The molecule has 2 aromatic heterocycles. The average molecular weight is 291 g/mol. The summed E-state index contributed by atoms with van der Waals surface area (Å²) in [6.07, 6.45) is 4.27. The Bertz CT molecular complexity index is 612. The van der Waals surface area contributed by atoms with Crippen molar-refractivity contribution in [1.29, 1.82) is 0 Å². The van der Waals surface area contributed by atoms with Gasteiger partial charge in [-0.25, -0.2) is 14.4 Å². The fraction of sp³-hybridized carbons (Fsp3) is 0.500. The monoisotopic (exact) mass is 291 g/mol. The van der Waals surface area contributed by atoms with Gasteiger partial charge in [-0.3, -0.25) is 4.68 Å². The van der Waals surface area contributed by atoms with E-state index in [4.69, 9.17) is 4.74 Å². The zero-order chi connectivity index (χ0) is 14.8. The maximum Gasteiger partial charge on any atom is 0.225 e. The average Bonchev–Trinajstić information content (AvgIpc) is 2.91. The molecule has 3 heterocycles. The number of anilines is 1. The van der Waals surface area contributed by atoms with Crippen LogP contribution in [0.15, 0.2) is 18.6 Å². The van der Waals surface area contributed by atoms with E-state index in [1.165, 1.54) is 18.1 Å². The molecule has 0 bridgehead atoms. The van der Waals surface area contributed by atoms with Gasteiger partial charge in [0, 0.05) is 38.2 Å². The maximum absolute atomic E-state index is 13.0. The van der Waals surface area contributed by atoms with E-state index in [-0.39, 0.29) is 5.92 Å². The molecule has 1 aliphatic rings. The fourth-order valence-corrected chi connectivity index (χ4v) is 2.86. The normalized spacial score (nSPS) is 17.9. The Morgan fingerprint density at radius 2 is 2.10 bits per heavy atom. The Morgan fingerprint density at radius 3 is 2.76 bits per heavy atom. The number of hydrogen-bond donors (Lipinski definition) is 0. The molecule has 0 radical (unpaired) electrons. The van der Waals surface area contributed by atoms with E-state index in [9.17, 15) is 4.39 Å². The van der Waals surface area contributed by atoms with Gasteiger partial charge in [-0.05, 0) is 6.92 Å². The predicted octanol–water partition coefficient (Wildman–Crippen LogP) is 1.58. The van der Waals surface area contributed by atoms with E-state index in [1.807, 2.05) is 15.8 Å². The molecule has 7 heteroatoms. The number of aryl methyl sites for hydroxylation is 1. The minimum Gasteiger partial charge on any atom is -0.384 e. The summed E-state index contributed by atoms with van der Waals surface area (Å²) in [5.41, 5.74) is 2.37. The number of rotatable bonds is 4. The topological polar surface area (TPSA) is 56.1 Å². The second-order valence-corrected chi connectivity index (χ2v) is 5.10. The first-order chi connectivity index (χ1) is 10.2. The number of halogens is 1. The summed E-state index contributed by atoms with van der Waals surface area (Å²) in [4.78, 5) is 10.2. The first kappa shape index (κ1) is 13.9. The van der Waals surface area contributed by atoms with Crippen molar-refractivity contribution in [1.82, 2.24) is 19.7 Å². The predicted molar refractivity (Wildman–Crippen MR) is 75.6 cm³/mol. The molecule has 0 aliphatic carbocycles. The highest BCUT2D eigenvalue weighted by Gasteiger charge is 2.30. The van der Waals surface area contributed by atoms with Gasteiger partial charge in [0.15, 0.2) is 5.82 Å². The van der Waals surface area contributed by atoms with Gasteiger partial charge in [-0.2, -0.15) is 5.10 Å². The summed E-state index contributed by atoms with van der Waals surface area (Å²) < 4.78 is 20.3. The van der Waals surface area contributed by atoms with Gasteiger partial charge in [0.1, 0.15) is 0 Å². The minimum absolute atomic E-state index is 0.204. The molecule has 1 aliphatic heterocycles. The lowest BCUT2D eigenvalue weighted by Gasteiger charge is -2.33. The number of fused-ring (bicyclic) bond motifs is 1. The molecule has 21 heavy (non-hydrogen) atoms. The van der Waals surface area contributed by atoms with Crippen molar-refractivity contribution in [3.63, 3.8) is 0 Å². The zero-order valence-electron chi connectivity index (χ0n) is 12.2. The van der Waals surface area contributed by atoms with Gasteiger partial charge in [0.05, 0.1) is 30.9 Å². The smallest absolute Gasteiger partial charge is 0.225 e. The first-order valence-electron chi connectivity index (χ1n) is 6.99. The summed E-state index contributed by atoms with van der Waals surface area (Å²) in [5.74, 6) is 0.311. The van der Waals surface area contributed by atoms with Gasteiger partial charge in [0.2, 0.25) is 5.95 Å².